The van der Waals surface area contributed by atoms with Crippen LogP contribution in [0.15, 0.2) is 24.3 Å². The molecule has 18 heavy (non-hydrogen) atoms. The van der Waals surface area contributed by atoms with Crippen LogP contribution in [0.4, 0.5) is 0 Å². The van der Waals surface area contributed by atoms with Crippen molar-refractivity contribution >= 4 is 38.7 Å². The van der Waals surface area contributed by atoms with Crippen molar-refractivity contribution in [2.75, 3.05) is 0 Å². The topological polar surface area (TPSA) is 52.6 Å². The second-order valence-electron chi connectivity index (χ2n) is 4.37. The third-order valence-corrected chi connectivity index (χ3v) is 10.3. The van der Waals surface area contributed by atoms with Gasteiger partial charge in [-0.1, -0.05) is 0 Å². The summed E-state index contributed by atoms with van der Waals surface area (Å²) in [6, 6.07) is 7.76. The number of carbonyl (C=O) groups is 2. The first-order chi connectivity index (χ1) is 8.40. The van der Waals surface area contributed by atoms with Crippen LogP contribution in [0, 0.1) is 0 Å². The van der Waals surface area contributed by atoms with Gasteiger partial charge in [0, 0.05) is 0 Å². The van der Waals surface area contributed by atoms with E-state index in [-0.39, 0.29) is 0 Å². The number of hydrogen-bond donors (Lipinski definition) is 0. The van der Waals surface area contributed by atoms with Gasteiger partial charge in [0.25, 0.3) is 0 Å². The van der Waals surface area contributed by atoms with Gasteiger partial charge >= 0.3 is 117 Å². The van der Waals surface area contributed by atoms with Crippen LogP contribution in [-0.2, 0) is 15.0 Å². The molecule has 0 aromatic heterocycles. The van der Waals surface area contributed by atoms with Crippen LogP contribution in [0.3, 0.4) is 0 Å². The zero-order valence-corrected chi connectivity index (χ0v) is 15.6. The molecule has 0 fully saturated rings. The van der Waals surface area contributed by atoms with Gasteiger partial charge in [-0.05, 0) is 0 Å². The van der Waals surface area contributed by atoms with Gasteiger partial charge in [-0.15, -0.1) is 0 Å². The third-order valence-electron chi connectivity index (χ3n) is 2.42. The Hall–Kier alpha value is -0.918. The van der Waals surface area contributed by atoms with Crippen LogP contribution < -0.4 is 3.12 Å². The van der Waals surface area contributed by atoms with Gasteiger partial charge in [-0.2, -0.15) is 0 Å². The zero-order valence-electron chi connectivity index (χ0n) is 11.1. The molecule has 96 valence electrons. The Morgan fingerprint density at radius 3 is 1.78 bits per heavy atom. The molecule has 0 heterocycles. The molecule has 1 aromatic carbocycles. The normalized spacial score (nSPS) is 10.1. The quantitative estimate of drug-likeness (QED) is 0.667. The average molecular weight is 442 g/mol. The summed E-state index contributed by atoms with van der Waals surface area (Å²) < 4.78 is 11.2. The summed E-state index contributed by atoms with van der Waals surface area (Å²) in [4.78, 5) is 22.1. The second kappa shape index (κ2) is 6.87. The van der Waals surface area contributed by atoms with Crippen LogP contribution >= 0.6 is 0 Å². The second-order valence-corrected chi connectivity index (χ2v) is 11.4. The molecule has 0 aliphatic rings. The van der Waals surface area contributed by atoms with Crippen molar-refractivity contribution in [2.24, 2.45) is 0 Å². The Morgan fingerprint density at radius 1 is 1.00 bits per heavy atom. The molecule has 1 rings (SSSR count). The Morgan fingerprint density at radius 2 is 1.44 bits per heavy atom. The fourth-order valence-electron chi connectivity index (χ4n) is 1.50. The predicted octanol–water partition coefficient (Wildman–Crippen LogP) is 1.63. The van der Waals surface area contributed by atoms with Crippen molar-refractivity contribution in [3.8, 4) is 0 Å². The average Bonchev–Trinajstić information content (AvgIpc) is 2.27. The number of carbonyl (C=O) groups excluding carboxylic acids is 2. The molecular weight excluding hydrogens is 425 g/mol. The van der Waals surface area contributed by atoms with Crippen LogP contribution in [0.5, 0.6) is 0 Å². The Labute approximate surface area is 117 Å². The van der Waals surface area contributed by atoms with Gasteiger partial charge in [0.05, 0.1) is 0 Å². The summed E-state index contributed by atoms with van der Waals surface area (Å²) in [6.07, 6.45) is 0. The standard InChI is InChI=1S/C9H11.2C2H4O2.Tl/c1-8(2)9-6-4-3-5-7-9;2*1-2(3)4;/h4-8H,1-2H3;2*1H3,(H,3,4);/q;;;+2/p-2. The minimum atomic E-state index is -3.35. The van der Waals surface area contributed by atoms with E-state index in [1.54, 1.807) is 0 Å². The Kier molecular flexibility index (Phi) is 5.78. The molecule has 4 nitrogen and oxygen atoms in total. The number of rotatable bonds is 4. The van der Waals surface area contributed by atoms with E-state index in [0.29, 0.717) is 5.92 Å². The van der Waals surface area contributed by atoms with E-state index in [1.165, 1.54) is 19.4 Å². The number of benzene rings is 1. The molecular formula is C13H17O4Tl. The van der Waals surface area contributed by atoms with Crippen molar-refractivity contribution in [1.29, 1.82) is 0 Å². The fraction of sp³-hybridized carbons (Fsp3) is 0.385. The van der Waals surface area contributed by atoms with Crippen LogP contribution in [-0.4, -0.2) is 35.5 Å². The maximum absolute atomic E-state index is 11.0. The Balaban J connectivity index is 2.90. The molecule has 0 atom stereocenters. The molecule has 0 aliphatic heterocycles. The SMILES string of the molecule is CC(=O)[O][Tl]([O]C(C)=O)[c]1ccc(C(C)C)cc1. The van der Waals surface area contributed by atoms with Gasteiger partial charge in [-0.3, -0.25) is 0 Å². The van der Waals surface area contributed by atoms with E-state index in [9.17, 15) is 9.59 Å². The van der Waals surface area contributed by atoms with Gasteiger partial charge in [0.1, 0.15) is 0 Å². The van der Waals surface area contributed by atoms with E-state index < -0.39 is 35.5 Å². The first-order valence-corrected chi connectivity index (χ1v) is 11.8. The van der Waals surface area contributed by atoms with E-state index in [4.69, 9.17) is 5.37 Å². The van der Waals surface area contributed by atoms with Gasteiger partial charge in [0.15, 0.2) is 0 Å². The zero-order chi connectivity index (χ0) is 13.7. The van der Waals surface area contributed by atoms with E-state index >= 15 is 0 Å². The summed E-state index contributed by atoms with van der Waals surface area (Å²) in [5.41, 5.74) is 1.21. The molecule has 0 radical (unpaired) electrons. The summed E-state index contributed by atoms with van der Waals surface area (Å²) in [6.45, 7) is 6.88. The molecule has 1 aromatic rings. The molecule has 0 saturated carbocycles. The Bertz CT molecular complexity index is 409. The first-order valence-electron chi connectivity index (χ1n) is 5.84. The summed E-state index contributed by atoms with van der Waals surface area (Å²) in [7, 11) is 0. The van der Waals surface area contributed by atoms with Crippen molar-refractivity contribution in [1.82, 2.24) is 0 Å². The molecule has 0 amide bonds. The van der Waals surface area contributed by atoms with Crippen molar-refractivity contribution in [3.63, 3.8) is 0 Å². The maximum atomic E-state index is 11.0. The van der Waals surface area contributed by atoms with E-state index in [2.05, 4.69) is 13.8 Å². The van der Waals surface area contributed by atoms with Crippen LogP contribution in [0.2, 0.25) is 0 Å². The monoisotopic (exact) mass is 442 g/mol. The van der Waals surface area contributed by atoms with Gasteiger partial charge < -0.3 is 0 Å². The van der Waals surface area contributed by atoms with Gasteiger partial charge in [0.2, 0.25) is 0 Å². The minimum absolute atomic E-state index is 0.393. The predicted molar refractivity (Wildman–Crippen MR) is 69.5 cm³/mol. The fourth-order valence-corrected chi connectivity index (χ4v) is 7.06. The van der Waals surface area contributed by atoms with Crippen LogP contribution in [0.25, 0.3) is 0 Å². The van der Waals surface area contributed by atoms with Gasteiger partial charge in [-0.25, -0.2) is 0 Å². The molecule has 0 N–H and O–H groups in total. The summed E-state index contributed by atoms with van der Waals surface area (Å²) >= 11 is -3.35. The van der Waals surface area contributed by atoms with Crippen molar-refractivity contribution in [3.05, 3.63) is 29.8 Å². The van der Waals surface area contributed by atoms with E-state index in [0.717, 1.165) is 3.12 Å². The molecule has 0 unspecified atom stereocenters. The molecule has 0 saturated heterocycles. The first kappa shape index (κ1) is 15.1. The molecule has 0 aliphatic carbocycles. The number of hydrogen-bond acceptors (Lipinski definition) is 4. The van der Waals surface area contributed by atoms with E-state index in [1.807, 2.05) is 24.3 Å². The summed E-state index contributed by atoms with van der Waals surface area (Å²) in [5.74, 6) is -0.344. The molecule has 0 spiro atoms. The van der Waals surface area contributed by atoms with Crippen molar-refractivity contribution in [2.45, 2.75) is 33.6 Å². The molecule has 0 bridgehead atoms. The van der Waals surface area contributed by atoms with Crippen LogP contribution in [0.1, 0.15) is 39.2 Å². The van der Waals surface area contributed by atoms with Crippen molar-refractivity contribution < 1.29 is 15.0 Å². The molecule has 5 heteroatoms. The third kappa shape index (κ3) is 4.75. The summed E-state index contributed by atoms with van der Waals surface area (Å²) in [5, 5.41) is 0.